The van der Waals surface area contributed by atoms with Crippen LogP contribution in [-0.4, -0.2) is 50.3 Å². The highest BCUT2D eigenvalue weighted by Gasteiger charge is 2.29. The number of nitrogens with zero attached hydrogens (tertiary/aromatic N) is 3. The summed E-state index contributed by atoms with van der Waals surface area (Å²) in [4.78, 5) is 2.36. The lowest BCUT2D eigenvalue weighted by Gasteiger charge is -2.32. The first-order valence-electron chi connectivity index (χ1n) is 6.62. The van der Waals surface area contributed by atoms with Crippen LogP contribution in [0.3, 0.4) is 0 Å². The van der Waals surface area contributed by atoms with Crippen LogP contribution in [0.1, 0.15) is 11.1 Å². The Morgan fingerprint density at radius 2 is 1.85 bits per heavy atom. The molecule has 6 heteroatoms. The van der Waals surface area contributed by atoms with E-state index in [0.29, 0.717) is 37.6 Å². The van der Waals surface area contributed by atoms with Crippen molar-refractivity contribution in [2.75, 3.05) is 32.7 Å². The van der Waals surface area contributed by atoms with Crippen LogP contribution in [0, 0.1) is 25.2 Å². The van der Waals surface area contributed by atoms with Gasteiger partial charge in [-0.15, -0.1) is 0 Å². The summed E-state index contributed by atoms with van der Waals surface area (Å²) in [5.74, 6) is 0. The van der Waals surface area contributed by atoms with Gasteiger partial charge in [-0.25, -0.2) is 8.42 Å². The highest BCUT2D eigenvalue weighted by atomic mass is 32.2. The Hall–Kier alpha value is -1.42. The van der Waals surface area contributed by atoms with E-state index >= 15 is 0 Å². The molecule has 2 rings (SSSR count). The minimum absolute atomic E-state index is 0.358. The number of hydrogen-bond acceptors (Lipinski definition) is 4. The molecule has 0 aromatic heterocycles. The third-order valence-corrected chi connectivity index (χ3v) is 5.63. The summed E-state index contributed by atoms with van der Waals surface area (Å²) in [5, 5.41) is 8.67. The van der Waals surface area contributed by atoms with Gasteiger partial charge in [-0.1, -0.05) is 12.1 Å². The first-order valence-corrected chi connectivity index (χ1v) is 8.06. The number of sulfonamides is 1. The number of hydrogen-bond donors (Lipinski definition) is 0. The van der Waals surface area contributed by atoms with Crippen molar-refractivity contribution in [2.24, 2.45) is 0 Å². The summed E-state index contributed by atoms with van der Waals surface area (Å²) in [7, 11) is -3.43. The molecule has 1 fully saturated rings. The Morgan fingerprint density at radius 1 is 1.20 bits per heavy atom. The first-order chi connectivity index (χ1) is 9.45. The molecule has 0 bridgehead atoms. The number of nitriles is 1. The van der Waals surface area contributed by atoms with Crippen molar-refractivity contribution >= 4 is 10.0 Å². The van der Waals surface area contributed by atoms with Gasteiger partial charge in [0.15, 0.2) is 0 Å². The molecule has 1 aromatic rings. The van der Waals surface area contributed by atoms with Gasteiger partial charge in [0, 0.05) is 26.2 Å². The Bertz CT molecular complexity index is 626. The van der Waals surface area contributed by atoms with Crippen molar-refractivity contribution in [3.8, 4) is 6.07 Å². The van der Waals surface area contributed by atoms with E-state index in [-0.39, 0.29) is 0 Å². The first kappa shape index (κ1) is 15.0. The van der Waals surface area contributed by atoms with E-state index in [0.717, 1.165) is 11.1 Å². The molecule has 20 heavy (non-hydrogen) atoms. The summed E-state index contributed by atoms with van der Waals surface area (Å²) in [6.07, 6.45) is 0. The van der Waals surface area contributed by atoms with Crippen molar-refractivity contribution in [2.45, 2.75) is 18.7 Å². The van der Waals surface area contributed by atoms with Crippen molar-refractivity contribution in [1.29, 1.82) is 5.26 Å². The van der Waals surface area contributed by atoms with E-state index in [4.69, 9.17) is 5.26 Å². The van der Waals surface area contributed by atoms with Gasteiger partial charge in [0.25, 0.3) is 0 Å². The zero-order chi connectivity index (χ0) is 14.8. The SMILES string of the molecule is Cc1ccc(C)c(S(=O)(=O)N2CCN(CC#N)CC2)c1. The quantitative estimate of drug-likeness (QED) is 0.784. The van der Waals surface area contributed by atoms with Crippen LogP contribution in [0.15, 0.2) is 23.1 Å². The Labute approximate surface area is 120 Å². The molecule has 0 aliphatic carbocycles. The predicted molar refractivity (Wildman–Crippen MR) is 76.7 cm³/mol. The molecule has 1 saturated heterocycles. The molecule has 0 N–H and O–H groups in total. The van der Waals surface area contributed by atoms with Crippen LogP contribution in [0.2, 0.25) is 0 Å². The van der Waals surface area contributed by atoms with E-state index in [9.17, 15) is 8.42 Å². The molecule has 1 aliphatic rings. The Kier molecular flexibility index (Phi) is 4.43. The molecular weight excluding hydrogens is 274 g/mol. The van der Waals surface area contributed by atoms with Crippen molar-refractivity contribution in [3.63, 3.8) is 0 Å². The molecule has 108 valence electrons. The van der Waals surface area contributed by atoms with Gasteiger partial charge >= 0.3 is 0 Å². The van der Waals surface area contributed by atoms with Crippen LogP contribution in [0.4, 0.5) is 0 Å². The number of benzene rings is 1. The molecule has 0 unspecified atom stereocenters. The monoisotopic (exact) mass is 293 g/mol. The molecule has 0 spiro atoms. The molecule has 0 radical (unpaired) electrons. The van der Waals surface area contributed by atoms with E-state index in [1.165, 1.54) is 4.31 Å². The highest BCUT2D eigenvalue weighted by molar-refractivity contribution is 7.89. The lowest BCUT2D eigenvalue weighted by atomic mass is 10.2. The molecule has 0 atom stereocenters. The Morgan fingerprint density at radius 3 is 2.45 bits per heavy atom. The summed E-state index contributed by atoms with van der Waals surface area (Å²) >= 11 is 0. The average molecular weight is 293 g/mol. The molecule has 1 aliphatic heterocycles. The van der Waals surface area contributed by atoms with Crippen molar-refractivity contribution in [3.05, 3.63) is 29.3 Å². The van der Waals surface area contributed by atoms with Crippen LogP contribution < -0.4 is 0 Å². The van der Waals surface area contributed by atoms with Gasteiger partial charge in [-0.2, -0.15) is 9.57 Å². The maximum absolute atomic E-state index is 12.7. The lowest BCUT2D eigenvalue weighted by molar-refractivity contribution is 0.206. The van der Waals surface area contributed by atoms with Crippen molar-refractivity contribution < 1.29 is 8.42 Å². The van der Waals surface area contributed by atoms with Crippen LogP contribution in [0.5, 0.6) is 0 Å². The second-order valence-electron chi connectivity index (χ2n) is 5.11. The highest BCUT2D eigenvalue weighted by Crippen LogP contribution is 2.22. The average Bonchev–Trinajstić information content (AvgIpc) is 2.42. The fraction of sp³-hybridized carbons (Fsp3) is 0.500. The van der Waals surface area contributed by atoms with Gasteiger partial charge in [0.2, 0.25) is 10.0 Å². The van der Waals surface area contributed by atoms with Gasteiger partial charge in [0.05, 0.1) is 17.5 Å². The lowest BCUT2D eigenvalue weighted by Crippen LogP contribution is -2.48. The third-order valence-electron chi connectivity index (χ3n) is 3.59. The maximum Gasteiger partial charge on any atom is 0.243 e. The summed E-state index contributed by atoms with van der Waals surface area (Å²) in [5.41, 5.74) is 1.72. The van der Waals surface area contributed by atoms with E-state index in [2.05, 4.69) is 6.07 Å². The summed E-state index contributed by atoms with van der Waals surface area (Å²) in [6.45, 7) is 6.17. The van der Waals surface area contributed by atoms with Crippen molar-refractivity contribution in [1.82, 2.24) is 9.21 Å². The Balaban J connectivity index is 2.20. The zero-order valence-electron chi connectivity index (χ0n) is 11.8. The van der Waals surface area contributed by atoms with Gasteiger partial charge in [-0.3, -0.25) is 4.90 Å². The number of rotatable bonds is 3. The van der Waals surface area contributed by atoms with Crippen LogP contribution in [0.25, 0.3) is 0 Å². The van der Waals surface area contributed by atoms with Gasteiger partial charge < -0.3 is 0 Å². The normalized spacial score (nSPS) is 17.9. The minimum Gasteiger partial charge on any atom is -0.288 e. The topological polar surface area (TPSA) is 64.4 Å². The fourth-order valence-electron chi connectivity index (χ4n) is 2.35. The van der Waals surface area contributed by atoms with E-state index < -0.39 is 10.0 Å². The zero-order valence-corrected chi connectivity index (χ0v) is 12.7. The molecule has 0 amide bonds. The molecule has 5 nitrogen and oxygen atoms in total. The second-order valence-corrected chi connectivity index (χ2v) is 7.01. The molecule has 1 aromatic carbocycles. The maximum atomic E-state index is 12.7. The van der Waals surface area contributed by atoms with E-state index in [1.807, 2.05) is 30.9 Å². The van der Waals surface area contributed by atoms with Crippen LogP contribution in [-0.2, 0) is 10.0 Å². The fourth-order valence-corrected chi connectivity index (χ4v) is 4.08. The number of aryl methyl sites for hydroxylation is 2. The van der Waals surface area contributed by atoms with Crippen LogP contribution >= 0.6 is 0 Å². The minimum atomic E-state index is -3.43. The smallest absolute Gasteiger partial charge is 0.243 e. The number of piperazine rings is 1. The third kappa shape index (κ3) is 3.01. The summed E-state index contributed by atoms with van der Waals surface area (Å²) in [6, 6.07) is 7.58. The molecule has 1 heterocycles. The predicted octanol–water partition coefficient (Wildman–Crippen LogP) is 1.13. The second kappa shape index (κ2) is 5.92. The largest absolute Gasteiger partial charge is 0.288 e. The van der Waals surface area contributed by atoms with Gasteiger partial charge in [0.1, 0.15) is 0 Å². The van der Waals surface area contributed by atoms with Gasteiger partial charge in [-0.05, 0) is 31.0 Å². The standard InChI is InChI=1S/C14H19N3O2S/c1-12-3-4-13(2)14(11-12)20(18,19)17-9-7-16(6-5-15)8-10-17/h3-4,11H,6-10H2,1-2H3. The molecular formula is C14H19N3O2S. The molecule has 0 saturated carbocycles. The van der Waals surface area contributed by atoms with E-state index in [1.54, 1.807) is 6.07 Å². The summed E-state index contributed by atoms with van der Waals surface area (Å²) < 4.78 is 26.9.